The molecule has 1 atom stereocenters. The summed E-state index contributed by atoms with van der Waals surface area (Å²) in [5.41, 5.74) is 6.22. The van der Waals surface area contributed by atoms with Gasteiger partial charge in [0.15, 0.2) is 5.82 Å². The van der Waals surface area contributed by atoms with Gasteiger partial charge in [-0.25, -0.2) is 19.4 Å². The van der Waals surface area contributed by atoms with Crippen molar-refractivity contribution < 1.29 is 9.53 Å². The van der Waals surface area contributed by atoms with E-state index in [0.29, 0.717) is 18.9 Å². The topological polar surface area (TPSA) is 108 Å². The third kappa shape index (κ3) is 5.03. The number of hydrogen-bond donors (Lipinski definition) is 2. The van der Waals surface area contributed by atoms with Crippen LogP contribution in [-0.4, -0.2) is 44.5 Å². The van der Waals surface area contributed by atoms with E-state index in [-0.39, 0.29) is 5.92 Å². The lowest BCUT2D eigenvalue weighted by atomic mass is 10.0. The maximum absolute atomic E-state index is 11.7. The Morgan fingerprint density at radius 2 is 2.22 bits per heavy atom. The molecule has 1 amide bonds. The van der Waals surface area contributed by atoms with Crippen molar-refractivity contribution in [3.8, 4) is 5.82 Å². The fourth-order valence-corrected chi connectivity index (χ4v) is 1.96. The first-order valence-electron chi connectivity index (χ1n) is 7.37. The summed E-state index contributed by atoms with van der Waals surface area (Å²) in [5.74, 6) is 0.627. The molecule has 0 aromatic carbocycles. The molecule has 2 aromatic rings. The third-order valence-electron chi connectivity index (χ3n) is 3.07. The van der Waals surface area contributed by atoms with Crippen molar-refractivity contribution in [1.82, 2.24) is 25.1 Å². The number of amides is 1. The van der Waals surface area contributed by atoms with Gasteiger partial charge in [0.25, 0.3) is 0 Å². The fraction of sp³-hybridized carbons (Fsp3) is 0.467. The zero-order valence-electron chi connectivity index (χ0n) is 13.6. The predicted octanol–water partition coefficient (Wildman–Crippen LogP) is 1.23. The zero-order valence-corrected chi connectivity index (χ0v) is 13.6. The molecule has 8 nitrogen and oxygen atoms in total. The minimum atomic E-state index is -0.525. The van der Waals surface area contributed by atoms with Crippen molar-refractivity contribution in [2.45, 2.75) is 32.3 Å². The second-order valence-corrected chi connectivity index (χ2v) is 6.11. The molecule has 8 heteroatoms. The van der Waals surface area contributed by atoms with E-state index >= 15 is 0 Å². The van der Waals surface area contributed by atoms with Crippen molar-refractivity contribution in [3.63, 3.8) is 0 Å². The number of carbonyl (C=O) groups is 1. The number of rotatable bonds is 5. The molecule has 0 aliphatic rings. The lowest BCUT2D eigenvalue weighted by Gasteiger charge is -2.21. The first-order chi connectivity index (χ1) is 10.9. The summed E-state index contributed by atoms with van der Waals surface area (Å²) >= 11 is 0. The first-order valence-corrected chi connectivity index (χ1v) is 7.37. The fourth-order valence-electron chi connectivity index (χ4n) is 1.96. The summed E-state index contributed by atoms with van der Waals surface area (Å²) in [4.78, 5) is 19.9. The van der Waals surface area contributed by atoms with Gasteiger partial charge in [0.1, 0.15) is 18.3 Å². The van der Waals surface area contributed by atoms with Crippen molar-refractivity contribution in [2.75, 3.05) is 13.1 Å². The van der Waals surface area contributed by atoms with Gasteiger partial charge >= 0.3 is 6.09 Å². The van der Waals surface area contributed by atoms with Crippen LogP contribution in [0.2, 0.25) is 0 Å². The van der Waals surface area contributed by atoms with E-state index in [1.165, 1.54) is 6.33 Å². The van der Waals surface area contributed by atoms with Crippen molar-refractivity contribution in [2.24, 2.45) is 5.73 Å². The standard InChI is InChI=1S/C15H22N6O2/c1-15(2,3)23-14(22)19-8-12(6-16)11-4-5-13(18-7-11)21-10-17-9-20-21/h4-5,7,9-10,12H,6,8,16H2,1-3H3,(H,19,22). The number of ether oxygens (including phenoxy) is 1. The van der Waals surface area contributed by atoms with Crippen LogP contribution < -0.4 is 11.1 Å². The summed E-state index contributed by atoms with van der Waals surface area (Å²) in [7, 11) is 0. The van der Waals surface area contributed by atoms with E-state index in [1.54, 1.807) is 17.2 Å². The van der Waals surface area contributed by atoms with E-state index in [2.05, 4.69) is 20.4 Å². The van der Waals surface area contributed by atoms with E-state index in [4.69, 9.17) is 10.5 Å². The highest BCUT2D eigenvalue weighted by Crippen LogP contribution is 2.14. The van der Waals surface area contributed by atoms with Crippen molar-refractivity contribution in [3.05, 3.63) is 36.5 Å². The van der Waals surface area contributed by atoms with Crippen LogP contribution in [0.3, 0.4) is 0 Å². The molecular weight excluding hydrogens is 296 g/mol. The summed E-state index contributed by atoms with van der Waals surface area (Å²) in [6, 6.07) is 3.75. The Labute approximate surface area is 135 Å². The Bertz CT molecular complexity index is 618. The average molecular weight is 318 g/mol. The van der Waals surface area contributed by atoms with Crippen molar-refractivity contribution in [1.29, 1.82) is 0 Å². The summed E-state index contributed by atoms with van der Waals surface area (Å²) < 4.78 is 6.78. The first kappa shape index (κ1) is 16.9. The van der Waals surface area contributed by atoms with E-state index in [1.807, 2.05) is 32.9 Å². The molecule has 0 aliphatic carbocycles. The molecule has 0 saturated heterocycles. The van der Waals surface area contributed by atoms with Crippen LogP contribution in [-0.2, 0) is 4.74 Å². The molecule has 0 aliphatic heterocycles. The van der Waals surface area contributed by atoms with Gasteiger partial charge in [-0.3, -0.25) is 0 Å². The highest BCUT2D eigenvalue weighted by atomic mass is 16.6. The van der Waals surface area contributed by atoms with Gasteiger partial charge in [0.2, 0.25) is 0 Å². The molecular formula is C15H22N6O2. The molecule has 0 saturated carbocycles. The van der Waals surface area contributed by atoms with Gasteiger partial charge < -0.3 is 15.8 Å². The molecule has 23 heavy (non-hydrogen) atoms. The third-order valence-corrected chi connectivity index (χ3v) is 3.07. The molecule has 0 spiro atoms. The average Bonchev–Trinajstić information content (AvgIpc) is 3.01. The summed E-state index contributed by atoms with van der Waals surface area (Å²) in [6.45, 7) is 6.23. The van der Waals surface area contributed by atoms with Crippen LogP contribution >= 0.6 is 0 Å². The zero-order chi connectivity index (χ0) is 16.9. The van der Waals surface area contributed by atoms with E-state index < -0.39 is 11.7 Å². The van der Waals surface area contributed by atoms with Crippen LogP contribution in [0.4, 0.5) is 4.79 Å². The molecule has 2 rings (SSSR count). The van der Waals surface area contributed by atoms with Gasteiger partial charge in [0, 0.05) is 25.2 Å². The molecule has 2 heterocycles. The Morgan fingerprint density at radius 1 is 1.43 bits per heavy atom. The quantitative estimate of drug-likeness (QED) is 0.858. The maximum atomic E-state index is 11.7. The lowest BCUT2D eigenvalue weighted by Crippen LogP contribution is -2.36. The minimum absolute atomic E-state index is 0.0418. The number of alkyl carbamates (subject to hydrolysis) is 1. The monoisotopic (exact) mass is 318 g/mol. The number of nitrogens with two attached hydrogens (primary N) is 1. The summed E-state index contributed by atoms with van der Waals surface area (Å²) in [5, 5.41) is 6.75. The normalized spacial score (nSPS) is 12.7. The minimum Gasteiger partial charge on any atom is -0.444 e. The van der Waals surface area contributed by atoms with Crippen molar-refractivity contribution >= 4 is 6.09 Å². The molecule has 0 radical (unpaired) electrons. The number of carbonyl (C=O) groups excluding carboxylic acids is 1. The Morgan fingerprint density at radius 3 is 2.74 bits per heavy atom. The molecule has 1 unspecified atom stereocenters. The van der Waals surface area contributed by atoms with Crippen LogP contribution in [0.1, 0.15) is 32.3 Å². The highest BCUT2D eigenvalue weighted by Gasteiger charge is 2.18. The van der Waals surface area contributed by atoms with E-state index in [9.17, 15) is 4.79 Å². The lowest BCUT2D eigenvalue weighted by molar-refractivity contribution is 0.0525. The van der Waals surface area contributed by atoms with Gasteiger partial charge in [-0.05, 0) is 32.4 Å². The second kappa shape index (κ2) is 7.19. The molecule has 0 fully saturated rings. The summed E-state index contributed by atoms with van der Waals surface area (Å²) in [6.07, 6.45) is 4.30. The van der Waals surface area contributed by atoms with Crippen LogP contribution in [0.15, 0.2) is 31.0 Å². The number of nitrogens with one attached hydrogen (secondary N) is 1. The smallest absolute Gasteiger partial charge is 0.407 e. The van der Waals surface area contributed by atoms with Gasteiger partial charge in [0.05, 0.1) is 0 Å². The highest BCUT2D eigenvalue weighted by molar-refractivity contribution is 5.67. The Hall–Kier alpha value is -2.48. The van der Waals surface area contributed by atoms with Gasteiger partial charge in [-0.2, -0.15) is 5.10 Å². The molecule has 3 N–H and O–H groups in total. The van der Waals surface area contributed by atoms with E-state index in [0.717, 1.165) is 5.56 Å². The van der Waals surface area contributed by atoms with Gasteiger partial charge in [-0.15, -0.1) is 0 Å². The second-order valence-electron chi connectivity index (χ2n) is 6.11. The number of nitrogens with zero attached hydrogens (tertiary/aromatic N) is 4. The SMILES string of the molecule is CC(C)(C)OC(=O)NCC(CN)c1ccc(-n2cncn2)nc1. The Balaban J connectivity index is 1.96. The van der Waals surface area contributed by atoms with Crippen LogP contribution in [0.25, 0.3) is 5.82 Å². The molecule has 2 aromatic heterocycles. The van der Waals surface area contributed by atoms with Crippen LogP contribution in [0, 0.1) is 0 Å². The van der Waals surface area contributed by atoms with Crippen LogP contribution in [0.5, 0.6) is 0 Å². The Kier molecular flexibility index (Phi) is 5.28. The number of hydrogen-bond acceptors (Lipinski definition) is 6. The molecule has 0 bridgehead atoms. The predicted molar refractivity (Wildman–Crippen MR) is 85.2 cm³/mol. The molecule has 124 valence electrons. The largest absolute Gasteiger partial charge is 0.444 e. The number of aromatic nitrogens is 4. The maximum Gasteiger partial charge on any atom is 0.407 e. The number of pyridine rings is 1. The van der Waals surface area contributed by atoms with Gasteiger partial charge in [-0.1, -0.05) is 6.07 Å².